The smallest absolute Gasteiger partial charge is 0.164 e. The molecule has 3 aliphatic carbocycles. The molecule has 0 amide bonds. The molecular formula is C50H37N5. The Kier molecular flexibility index (Phi) is 7.58. The predicted octanol–water partition coefficient (Wildman–Crippen LogP) is 11.7. The van der Waals surface area contributed by atoms with Crippen molar-refractivity contribution in [3.05, 3.63) is 175 Å². The molecule has 2 aromatic heterocycles. The lowest BCUT2D eigenvalue weighted by Crippen LogP contribution is -2.65. The second kappa shape index (κ2) is 13.1. The summed E-state index contributed by atoms with van der Waals surface area (Å²) in [5, 5.41) is 0. The molecular weight excluding hydrogens is 671 g/mol. The Morgan fingerprint density at radius 2 is 0.673 bits per heavy atom. The number of nitrogens with zero attached hydrogens (tertiary/aromatic N) is 5. The zero-order valence-corrected chi connectivity index (χ0v) is 30.2. The average molecular weight is 708 g/mol. The van der Waals surface area contributed by atoms with Gasteiger partial charge in [-0.3, -0.25) is 0 Å². The van der Waals surface area contributed by atoms with E-state index in [2.05, 4.69) is 103 Å². The lowest BCUT2D eigenvalue weighted by Gasteiger charge is -2.73. The Bertz CT molecular complexity index is 2570. The number of rotatable bonds is 8. The predicted molar refractivity (Wildman–Crippen MR) is 219 cm³/mol. The van der Waals surface area contributed by atoms with Gasteiger partial charge in [-0.1, -0.05) is 164 Å². The van der Waals surface area contributed by atoms with Crippen molar-refractivity contribution in [2.24, 2.45) is 23.7 Å². The van der Waals surface area contributed by atoms with Gasteiger partial charge in [0, 0.05) is 33.4 Å². The van der Waals surface area contributed by atoms with Crippen molar-refractivity contribution in [1.82, 2.24) is 24.9 Å². The number of benzene rings is 6. The Balaban J connectivity index is 0.888. The third-order valence-electron chi connectivity index (χ3n) is 12.3. The van der Waals surface area contributed by atoms with Crippen molar-refractivity contribution in [1.29, 1.82) is 0 Å². The molecule has 0 N–H and O–H groups in total. The van der Waals surface area contributed by atoms with E-state index in [9.17, 15) is 0 Å². The molecule has 5 heteroatoms. The molecule has 2 atom stereocenters. The van der Waals surface area contributed by atoms with E-state index < -0.39 is 0 Å². The highest BCUT2D eigenvalue weighted by Crippen LogP contribution is 2.75. The van der Waals surface area contributed by atoms with Crippen LogP contribution in [0.3, 0.4) is 0 Å². The van der Waals surface area contributed by atoms with E-state index in [1.807, 2.05) is 66.7 Å². The van der Waals surface area contributed by atoms with Crippen molar-refractivity contribution in [2.75, 3.05) is 0 Å². The normalized spacial score (nSPS) is 20.4. The summed E-state index contributed by atoms with van der Waals surface area (Å²) in [4.78, 5) is 24.9. The molecule has 8 aromatic rings. The molecule has 3 saturated carbocycles. The lowest BCUT2D eigenvalue weighted by atomic mass is 9.31. The van der Waals surface area contributed by atoms with Crippen LogP contribution in [-0.2, 0) is 0 Å². The van der Waals surface area contributed by atoms with Crippen LogP contribution in [-0.4, -0.2) is 24.9 Å². The van der Waals surface area contributed by atoms with Gasteiger partial charge < -0.3 is 0 Å². The fourth-order valence-electron chi connectivity index (χ4n) is 9.41. The highest BCUT2D eigenvalue weighted by Gasteiger charge is 2.67. The minimum absolute atomic E-state index is 0.643. The summed E-state index contributed by atoms with van der Waals surface area (Å²) >= 11 is 0. The molecule has 5 nitrogen and oxygen atoms in total. The maximum absolute atomic E-state index is 5.14. The Morgan fingerprint density at radius 1 is 0.327 bits per heavy atom. The van der Waals surface area contributed by atoms with Gasteiger partial charge in [-0.05, 0) is 65.2 Å². The van der Waals surface area contributed by atoms with Crippen LogP contribution in [0.4, 0.5) is 0 Å². The lowest BCUT2D eigenvalue weighted by molar-refractivity contribution is -0.214. The van der Waals surface area contributed by atoms with Gasteiger partial charge in [0.25, 0.3) is 0 Å². The molecule has 6 aromatic carbocycles. The molecule has 0 aliphatic heterocycles. The van der Waals surface area contributed by atoms with Gasteiger partial charge in [0.15, 0.2) is 23.3 Å². The minimum Gasteiger partial charge on any atom is -0.228 e. The first-order chi connectivity index (χ1) is 27.2. The average Bonchev–Trinajstić information content (AvgIpc) is 3.27. The summed E-state index contributed by atoms with van der Waals surface area (Å²) < 4.78 is 0. The van der Waals surface area contributed by atoms with E-state index in [-0.39, 0.29) is 0 Å². The van der Waals surface area contributed by atoms with Crippen LogP contribution in [0.5, 0.6) is 0 Å². The monoisotopic (exact) mass is 707 g/mol. The largest absolute Gasteiger partial charge is 0.228 e. The number of hydrogen-bond donors (Lipinski definition) is 0. The zero-order chi connectivity index (χ0) is 36.3. The van der Waals surface area contributed by atoms with Crippen LogP contribution < -0.4 is 0 Å². The SMILES string of the molecule is c1ccc(-c2cc(-c3ccc(-c4ccc(-c5nc(-c6ccccc6)nc(-c6ccccc6)n5)cc4)cc3)nc(-c3ccc(C4C5CC6CC4C65)cc3)n2)cc1. The van der Waals surface area contributed by atoms with E-state index in [1.54, 1.807) is 0 Å². The third kappa shape index (κ3) is 5.66. The van der Waals surface area contributed by atoms with Crippen LogP contribution >= 0.6 is 0 Å². The van der Waals surface area contributed by atoms with Gasteiger partial charge in [-0.2, -0.15) is 0 Å². The summed E-state index contributed by atoms with van der Waals surface area (Å²) in [6, 6.07) is 58.9. The standard InChI is InChI=1S/C50H37N5/c1-4-10-33(11-5-1)43-30-44(52-47(51-43)38-26-22-35(23-27-38)45-41-28-40-29-42(45)46(40)41)34-20-16-31(17-21-34)32-18-24-39(25-19-32)50-54-48(36-12-6-2-7-13-36)53-49(55-50)37-14-8-3-9-15-37/h1-27,30,40-42,45-46H,28-29H2. The first-order valence-electron chi connectivity index (χ1n) is 19.3. The van der Waals surface area contributed by atoms with Gasteiger partial charge in [0.05, 0.1) is 11.4 Å². The van der Waals surface area contributed by atoms with Gasteiger partial charge in [0.1, 0.15) is 0 Å². The quantitative estimate of drug-likeness (QED) is 0.157. The van der Waals surface area contributed by atoms with Gasteiger partial charge in [-0.15, -0.1) is 0 Å². The highest BCUT2D eigenvalue weighted by atomic mass is 15.0. The summed E-state index contributed by atoms with van der Waals surface area (Å²) in [7, 11) is 0. The second-order valence-electron chi connectivity index (χ2n) is 15.3. The summed E-state index contributed by atoms with van der Waals surface area (Å²) in [6.07, 6.45) is 2.88. The van der Waals surface area contributed by atoms with Gasteiger partial charge in [-0.25, -0.2) is 24.9 Å². The Labute approximate surface area is 320 Å². The molecule has 2 heterocycles. The first-order valence-corrected chi connectivity index (χ1v) is 19.3. The Morgan fingerprint density at radius 3 is 1.11 bits per heavy atom. The zero-order valence-electron chi connectivity index (χ0n) is 30.2. The van der Waals surface area contributed by atoms with E-state index in [0.717, 1.165) is 91.3 Å². The van der Waals surface area contributed by atoms with E-state index in [1.165, 1.54) is 18.4 Å². The van der Waals surface area contributed by atoms with E-state index >= 15 is 0 Å². The molecule has 262 valence electrons. The maximum atomic E-state index is 5.14. The molecule has 2 unspecified atom stereocenters. The molecule has 55 heavy (non-hydrogen) atoms. The van der Waals surface area contributed by atoms with Gasteiger partial charge >= 0.3 is 0 Å². The molecule has 11 rings (SSSR count). The van der Waals surface area contributed by atoms with Crippen LogP contribution in [0.1, 0.15) is 24.3 Å². The van der Waals surface area contributed by atoms with Crippen molar-refractivity contribution in [3.63, 3.8) is 0 Å². The van der Waals surface area contributed by atoms with E-state index in [0.29, 0.717) is 17.5 Å². The fraction of sp³-hybridized carbons (Fsp3) is 0.140. The molecule has 3 aliphatic rings. The first kappa shape index (κ1) is 31.9. The van der Waals surface area contributed by atoms with Crippen molar-refractivity contribution in [3.8, 4) is 79.2 Å². The Hall–Kier alpha value is -6.59. The minimum atomic E-state index is 0.643. The molecule has 0 saturated heterocycles. The van der Waals surface area contributed by atoms with Crippen molar-refractivity contribution in [2.45, 2.75) is 18.8 Å². The summed E-state index contributed by atoms with van der Waals surface area (Å²) in [6.45, 7) is 0. The van der Waals surface area contributed by atoms with Crippen molar-refractivity contribution < 1.29 is 0 Å². The number of aromatic nitrogens is 5. The third-order valence-corrected chi connectivity index (χ3v) is 12.3. The van der Waals surface area contributed by atoms with Crippen LogP contribution in [0.25, 0.3) is 79.2 Å². The number of hydrogen-bond acceptors (Lipinski definition) is 5. The molecule has 3 fully saturated rings. The maximum Gasteiger partial charge on any atom is 0.164 e. The van der Waals surface area contributed by atoms with Crippen LogP contribution in [0.15, 0.2) is 170 Å². The van der Waals surface area contributed by atoms with Crippen molar-refractivity contribution >= 4 is 0 Å². The van der Waals surface area contributed by atoms with Crippen LogP contribution in [0, 0.1) is 23.7 Å². The fourth-order valence-corrected chi connectivity index (χ4v) is 9.41. The molecule has 0 bridgehead atoms. The van der Waals surface area contributed by atoms with E-state index in [4.69, 9.17) is 24.9 Å². The summed E-state index contributed by atoms with van der Waals surface area (Å²) in [5.41, 5.74) is 11.6. The second-order valence-corrected chi connectivity index (χ2v) is 15.3. The highest BCUT2D eigenvalue weighted by molar-refractivity contribution is 5.75. The molecule has 0 spiro atoms. The summed E-state index contributed by atoms with van der Waals surface area (Å²) in [5.74, 6) is 7.40. The van der Waals surface area contributed by atoms with Crippen LogP contribution in [0.2, 0.25) is 0 Å². The molecule has 0 radical (unpaired) electrons. The van der Waals surface area contributed by atoms with Gasteiger partial charge in [0.2, 0.25) is 0 Å². The topological polar surface area (TPSA) is 64.5 Å².